The summed E-state index contributed by atoms with van der Waals surface area (Å²) < 4.78 is 0. The van der Waals surface area contributed by atoms with Crippen LogP contribution in [-0.2, 0) is 9.63 Å². The van der Waals surface area contributed by atoms with E-state index in [-0.39, 0.29) is 0 Å². The Balaban J connectivity index is 1.94. The average molecular weight is 307 g/mol. The molecule has 23 heavy (non-hydrogen) atoms. The Labute approximate surface area is 134 Å². The predicted molar refractivity (Wildman–Crippen MR) is 92.2 cm³/mol. The van der Waals surface area contributed by atoms with Crippen molar-refractivity contribution >= 4 is 29.1 Å². The fourth-order valence-electron chi connectivity index (χ4n) is 2.29. The second-order valence-electron chi connectivity index (χ2n) is 5.48. The third kappa shape index (κ3) is 3.08. The number of anilines is 2. The lowest BCUT2D eigenvalue weighted by Crippen LogP contribution is -2.08. The van der Waals surface area contributed by atoms with Gasteiger partial charge in [0.15, 0.2) is 0 Å². The van der Waals surface area contributed by atoms with E-state index >= 15 is 0 Å². The quantitative estimate of drug-likeness (QED) is 0.538. The van der Waals surface area contributed by atoms with Crippen LogP contribution in [0.25, 0.3) is 6.08 Å². The lowest BCUT2D eigenvalue weighted by Gasteiger charge is -2.11. The lowest BCUT2D eigenvalue weighted by atomic mass is 10.0. The Kier molecular flexibility index (Phi) is 3.85. The third-order valence-corrected chi connectivity index (χ3v) is 3.60. The molecule has 1 aliphatic heterocycles. The molecule has 0 atom stereocenters. The Morgan fingerprint density at radius 2 is 1.70 bits per heavy atom. The van der Waals surface area contributed by atoms with Gasteiger partial charge in [-0.15, -0.1) is 0 Å². The molecule has 0 aromatic heterocycles. The summed E-state index contributed by atoms with van der Waals surface area (Å²) in [6, 6.07) is 15.1. The van der Waals surface area contributed by atoms with E-state index in [1.165, 1.54) is 0 Å². The Morgan fingerprint density at radius 3 is 2.30 bits per heavy atom. The summed E-state index contributed by atoms with van der Waals surface area (Å²) in [6.07, 6.45) is 1.78. The maximum absolute atomic E-state index is 12.0. The summed E-state index contributed by atoms with van der Waals surface area (Å²) in [5, 5.41) is 3.89. The van der Waals surface area contributed by atoms with Gasteiger partial charge in [0, 0.05) is 31.0 Å². The molecule has 0 amide bonds. The first-order valence-electron chi connectivity index (χ1n) is 7.19. The normalized spacial score (nSPS) is 15.5. The molecule has 0 bridgehead atoms. The molecule has 0 saturated heterocycles. The monoisotopic (exact) mass is 307 g/mol. The molecular formula is C18H17N3O2. The summed E-state index contributed by atoms with van der Waals surface area (Å²) in [7, 11) is 3.96. The van der Waals surface area contributed by atoms with Gasteiger partial charge in [-0.3, -0.25) is 0 Å². The molecule has 0 radical (unpaired) electrons. The number of rotatable bonds is 3. The minimum absolute atomic E-state index is 0.437. The van der Waals surface area contributed by atoms with Gasteiger partial charge in [0.1, 0.15) is 5.71 Å². The molecule has 5 nitrogen and oxygen atoms in total. The van der Waals surface area contributed by atoms with Crippen molar-refractivity contribution in [3.05, 3.63) is 65.2 Å². The zero-order valence-electron chi connectivity index (χ0n) is 13.0. The van der Waals surface area contributed by atoms with Crippen LogP contribution in [0.3, 0.4) is 0 Å². The maximum atomic E-state index is 12.0. The van der Waals surface area contributed by atoms with Gasteiger partial charge in [-0.05, 0) is 35.9 Å². The second-order valence-corrected chi connectivity index (χ2v) is 5.48. The van der Waals surface area contributed by atoms with E-state index in [1.54, 1.807) is 18.2 Å². The summed E-state index contributed by atoms with van der Waals surface area (Å²) in [5.41, 5.74) is 10.1. The van der Waals surface area contributed by atoms with Gasteiger partial charge in [-0.2, -0.15) is 0 Å². The Morgan fingerprint density at radius 1 is 1.04 bits per heavy atom. The van der Waals surface area contributed by atoms with Crippen LogP contribution in [0.5, 0.6) is 0 Å². The van der Waals surface area contributed by atoms with E-state index in [0.717, 1.165) is 16.8 Å². The van der Waals surface area contributed by atoms with Crippen LogP contribution in [0.4, 0.5) is 11.4 Å². The van der Waals surface area contributed by atoms with Crippen molar-refractivity contribution in [3.8, 4) is 0 Å². The van der Waals surface area contributed by atoms with Crippen molar-refractivity contribution in [2.45, 2.75) is 0 Å². The highest BCUT2D eigenvalue weighted by molar-refractivity contribution is 6.31. The van der Waals surface area contributed by atoms with Gasteiger partial charge in [-0.1, -0.05) is 29.4 Å². The van der Waals surface area contributed by atoms with E-state index in [1.807, 2.05) is 55.4 Å². The minimum atomic E-state index is -0.450. The number of carbonyl (C=O) groups excluding carboxylic acids is 1. The highest BCUT2D eigenvalue weighted by atomic mass is 16.7. The van der Waals surface area contributed by atoms with Crippen molar-refractivity contribution < 1.29 is 9.63 Å². The molecule has 116 valence electrons. The number of nitrogen functional groups attached to an aromatic ring is 1. The standard InChI is InChI=1S/C18H17N3O2/c1-21(2)15-9-3-12(4-10-15)11-16-17(20-23-18(16)22)13-5-7-14(19)8-6-13/h3-11H,19H2,1-2H3. The van der Waals surface area contributed by atoms with Crippen molar-refractivity contribution in [2.75, 3.05) is 24.7 Å². The van der Waals surface area contributed by atoms with Gasteiger partial charge < -0.3 is 15.5 Å². The van der Waals surface area contributed by atoms with Crippen LogP contribution >= 0.6 is 0 Å². The summed E-state index contributed by atoms with van der Waals surface area (Å²) in [4.78, 5) is 18.8. The average Bonchev–Trinajstić information content (AvgIpc) is 2.90. The first-order chi connectivity index (χ1) is 11.0. The highest BCUT2D eigenvalue weighted by Gasteiger charge is 2.26. The van der Waals surface area contributed by atoms with Crippen LogP contribution in [-0.4, -0.2) is 25.8 Å². The molecule has 1 heterocycles. The number of carbonyl (C=O) groups is 1. The SMILES string of the molecule is CN(C)c1ccc(C=C2C(=O)ON=C2c2ccc(N)cc2)cc1. The number of benzene rings is 2. The molecule has 2 N–H and O–H groups in total. The van der Waals surface area contributed by atoms with Crippen molar-refractivity contribution in [3.63, 3.8) is 0 Å². The van der Waals surface area contributed by atoms with E-state index in [9.17, 15) is 4.79 Å². The number of nitrogens with two attached hydrogens (primary N) is 1. The van der Waals surface area contributed by atoms with Gasteiger partial charge >= 0.3 is 5.97 Å². The van der Waals surface area contributed by atoms with Crippen LogP contribution in [0.15, 0.2) is 59.3 Å². The Hall–Kier alpha value is -3.08. The third-order valence-electron chi connectivity index (χ3n) is 3.60. The molecule has 0 spiro atoms. The first-order valence-corrected chi connectivity index (χ1v) is 7.19. The Bertz CT molecular complexity index is 788. The van der Waals surface area contributed by atoms with E-state index in [0.29, 0.717) is 17.0 Å². The van der Waals surface area contributed by atoms with E-state index < -0.39 is 5.97 Å². The molecule has 0 saturated carbocycles. The van der Waals surface area contributed by atoms with Gasteiger partial charge in [0.25, 0.3) is 0 Å². The summed E-state index contributed by atoms with van der Waals surface area (Å²) >= 11 is 0. The topological polar surface area (TPSA) is 67.9 Å². The molecule has 0 unspecified atom stereocenters. The van der Waals surface area contributed by atoms with Crippen LogP contribution < -0.4 is 10.6 Å². The van der Waals surface area contributed by atoms with Crippen LogP contribution in [0.2, 0.25) is 0 Å². The van der Waals surface area contributed by atoms with Crippen LogP contribution in [0.1, 0.15) is 11.1 Å². The molecule has 1 aliphatic rings. The van der Waals surface area contributed by atoms with E-state index in [2.05, 4.69) is 5.16 Å². The molecular weight excluding hydrogens is 290 g/mol. The molecule has 0 fully saturated rings. The molecule has 3 rings (SSSR count). The summed E-state index contributed by atoms with van der Waals surface area (Å²) in [6.45, 7) is 0. The van der Waals surface area contributed by atoms with Crippen molar-refractivity contribution in [1.29, 1.82) is 0 Å². The molecule has 2 aromatic carbocycles. The molecule has 5 heteroatoms. The largest absolute Gasteiger partial charge is 0.399 e. The summed E-state index contributed by atoms with van der Waals surface area (Å²) in [5.74, 6) is -0.450. The van der Waals surface area contributed by atoms with Gasteiger partial charge in [-0.25, -0.2) is 4.79 Å². The molecule has 0 aliphatic carbocycles. The second kappa shape index (κ2) is 5.96. The van der Waals surface area contributed by atoms with E-state index in [4.69, 9.17) is 10.6 Å². The van der Waals surface area contributed by atoms with Crippen LogP contribution in [0, 0.1) is 0 Å². The van der Waals surface area contributed by atoms with Gasteiger partial charge in [0.2, 0.25) is 0 Å². The predicted octanol–water partition coefficient (Wildman–Crippen LogP) is 2.68. The highest BCUT2D eigenvalue weighted by Crippen LogP contribution is 2.22. The minimum Gasteiger partial charge on any atom is -0.399 e. The fraction of sp³-hybridized carbons (Fsp3) is 0.111. The number of oxime groups is 1. The number of hydrogen-bond donors (Lipinski definition) is 1. The van der Waals surface area contributed by atoms with Crippen molar-refractivity contribution in [2.24, 2.45) is 5.16 Å². The van der Waals surface area contributed by atoms with Gasteiger partial charge in [0.05, 0.1) is 5.57 Å². The smallest absolute Gasteiger partial charge is 0.368 e. The maximum Gasteiger partial charge on any atom is 0.368 e. The zero-order valence-corrected chi connectivity index (χ0v) is 13.0. The lowest BCUT2D eigenvalue weighted by molar-refractivity contribution is -0.136. The molecule has 2 aromatic rings. The zero-order chi connectivity index (χ0) is 16.4. The number of hydrogen-bond acceptors (Lipinski definition) is 5. The fourth-order valence-corrected chi connectivity index (χ4v) is 2.29. The first kappa shape index (κ1) is 14.8. The number of nitrogens with zero attached hydrogens (tertiary/aromatic N) is 2. The van der Waals surface area contributed by atoms with Crippen molar-refractivity contribution in [1.82, 2.24) is 0 Å².